The third-order valence-corrected chi connectivity index (χ3v) is 3.88. The highest BCUT2D eigenvalue weighted by Crippen LogP contribution is 2.36. The van der Waals surface area contributed by atoms with Gasteiger partial charge in [-0.1, -0.05) is 47.6 Å². The lowest BCUT2D eigenvalue weighted by Crippen LogP contribution is -2.34. The highest BCUT2D eigenvalue weighted by Gasteiger charge is 2.28. The summed E-state index contributed by atoms with van der Waals surface area (Å²) in [5.41, 5.74) is 2.89. The number of ether oxygens (including phenoxy) is 1. The van der Waals surface area contributed by atoms with Gasteiger partial charge in [-0.3, -0.25) is 0 Å². The van der Waals surface area contributed by atoms with E-state index in [1.54, 1.807) is 0 Å². The topological polar surface area (TPSA) is 21.3 Å². The van der Waals surface area contributed by atoms with Gasteiger partial charge in [-0.15, -0.1) is 0 Å². The molecule has 0 radical (unpaired) electrons. The molecule has 1 aliphatic heterocycles. The Labute approximate surface area is 117 Å². The summed E-state index contributed by atoms with van der Waals surface area (Å²) in [5.74, 6) is 0.986. The van der Waals surface area contributed by atoms with Crippen molar-refractivity contribution in [1.29, 1.82) is 0 Å². The van der Waals surface area contributed by atoms with Crippen molar-refractivity contribution >= 4 is 5.69 Å². The Kier molecular flexibility index (Phi) is 3.55. The molecule has 0 fully saturated rings. The van der Waals surface area contributed by atoms with Crippen LogP contribution in [-0.4, -0.2) is 12.6 Å². The van der Waals surface area contributed by atoms with Crippen LogP contribution in [0.4, 0.5) is 5.69 Å². The first-order valence-corrected chi connectivity index (χ1v) is 7.22. The average molecular weight is 261 g/mol. The van der Waals surface area contributed by atoms with Gasteiger partial charge in [-0.05, 0) is 28.5 Å². The van der Waals surface area contributed by atoms with Crippen LogP contribution in [0, 0.1) is 5.41 Å². The molecule has 1 N–H and O–H groups in total. The molecule has 0 saturated heterocycles. The van der Waals surface area contributed by atoms with Gasteiger partial charge in [0.1, 0.15) is 5.75 Å². The van der Waals surface area contributed by atoms with E-state index in [0.717, 1.165) is 24.5 Å². The van der Waals surface area contributed by atoms with E-state index in [9.17, 15) is 0 Å². The standard InChI is InChI=1S/C17H27NO/c1-16(2,3)12-7-8-14-13(11-12)18-15(9-10-19-14)17(4,5)6/h7-8,11,15,18H,9-10H2,1-6H3. The van der Waals surface area contributed by atoms with E-state index in [-0.39, 0.29) is 10.8 Å². The van der Waals surface area contributed by atoms with Crippen LogP contribution in [0.2, 0.25) is 0 Å². The minimum Gasteiger partial charge on any atom is -0.491 e. The first-order valence-electron chi connectivity index (χ1n) is 7.22. The summed E-state index contributed by atoms with van der Waals surface area (Å²) < 4.78 is 5.88. The lowest BCUT2D eigenvalue weighted by atomic mass is 9.84. The molecule has 0 saturated carbocycles. The van der Waals surface area contributed by atoms with Crippen molar-refractivity contribution in [3.63, 3.8) is 0 Å². The van der Waals surface area contributed by atoms with Gasteiger partial charge in [-0.2, -0.15) is 0 Å². The number of anilines is 1. The van der Waals surface area contributed by atoms with Crippen molar-refractivity contribution in [2.75, 3.05) is 11.9 Å². The molecule has 0 bridgehead atoms. The molecule has 19 heavy (non-hydrogen) atoms. The number of rotatable bonds is 0. The highest BCUT2D eigenvalue weighted by atomic mass is 16.5. The van der Waals surface area contributed by atoms with Crippen LogP contribution < -0.4 is 10.1 Å². The maximum absolute atomic E-state index is 5.88. The summed E-state index contributed by atoms with van der Waals surface area (Å²) in [6.07, 6.45) is 1.04. The maximum Gasteiger partial charge on any atom is 0.142 e. The van der Waals surface area contributed by atoms with Gasteiger partial charge in [0.05, 0.1) is 12.3 Å². The van der Waals surface area contributed by atoms with Crippen LogP contribution >= 0.6 is 0 Å². The van der Waals surface area contributed by atoms with Gasteiger partial charge < -0.3 is 10.1 Å². The lowest BCUT2D eigenvalue weighted by molar-refractivity contribution is 0.263. The monoisotopic (exact) mass is 261 g/mol. The molecular weight excluding hydrogens is 234 g/mol. The quantitative estimate of drug-likeness (QED) is 0.737. The zero-order valence-corrected chi connectivity index (χ0v) is 13.1. The van der Waals surface area contributed by atoms with Crippen molar-refractivity contribution in [2.45, 2.75) is 59.4 Å². The summed E-state index contributed by atoms with van der Waals surface area (Å²) >= 11 is 0. The van der Waals surface area contributed by atoms with Crippen LogP contribution in [-0.2, 0) is 5.41 Å². The van der Waals surface area contributed by atoms with Crippen molar-refractivity contribution < 1.29 is 4.74 Å². The Balaban J connectivity index is 2.35. The third-order valence-electron chi connectivity index (χ3n) is 3.88. The SMILES string of the molecule is CC(C)(C)c1ccc2c(c1)NC(C(C)(C)C)CCO2. The second kappa shape index (κ2) is 4.73. The molecule has 0 aromatic heterocycles. The second-order valence-electron chi connectivity index (χ2n) is 7.66. The van der Waals surface area contributed by atoms with Crippen molar-refractivity contribution in [3.8, 4) is 5.75 Å². The molecule has 2 nitrogen and oxygen atoms in total. The van der Waals surface area contributed by atoms with Crippen LogP contribution in [0.1, 0.15) is 53.5 Å². The van der Waals surface area contributed by atoms with E-state index in [2.05, 4.69) is 65.1 Å². The Hall–Kier alpha value is -1.18. The molecule has 0 spiro atoms. The molecule has 2 heteroatoms. The molecule has 2 rings (SSSR count). The summed E-state index contributed by atoms with van der Waals surface area (Å²) in [7, 11) is 0. The minimum atomic E-state index is 0.167. The van der Waals surface area contributed by atoms with Gasteiger partial charge in [-0.25, -0.2) is 0 Å². The first kappa shape index (κ1) is 14.2. The van der Waals surface area contributed by atoms with E-state index in [0.29, 0.717) is 6.04 Å². The van der Waals surface area contributed by atoms with E-state index >= 15 is 0 Å². The average Bonchev–Trinajstić information content (AvgIpc) is 2.47. The van der Waals surface area contributed by atoms with Gasteiger partial charge in [0.25, 0.3) is 0 Å². The Morgan fingerprint density at radius 3 is 2.37 bits per heavy atom. The molecule has 106 valence electrons. The second-order valence-corrected chi connectivity index (χ2v) is 7.66. The predicted molar refractivity (Wildman–Crippen MR) is 82.1 cm³/mol. The van der Waals surface area contributed by atoms with Crippen molar-refractivity contribution in [3.05, 3.63) is 23.8 Å². The summed E-state index contributed by atoms with van der Waals surface area (Å²) in [5, 5.41) is 3.69. The van der Waals surface area contributed by atoms with E-state index < -0.39 is 0 Å². The number of fused-ring (bicyclic) bond motifs is 1. The van der Waals surface area contributed by atoms with Gasteiger partial charge in [0.15, 0.2) is 0 Å². The fraction of sp³-hybridized carbons (Fsp3) is 0.647. The van der Waals surface area contributed by atoms with Crippen molar-refractivity contribution in [1.82, 2.24) is 0 Å². The first-order chi connectivity index (χ1) is 8.68. The molecule has 1 aromatic rings. The molecule has 0 aliphatic carbocycles. The molecular formula is C17H27NO. The molecule has 1 aliphatic rings. The normalized spacial score (nSPS) is 20.0. The fourth-order valence-corrected chi connectivity index (χ4v) is 2.43. The smallest absolute Gasteiger partial charge is 0.142 e. The summed E-state index contributed by atoms with van der Waals surface area (Å²) in [6, 6.07) is 6.98. The minimum absolute atomic E-state index is 0.167. The van der Waals surface area contributed by atoms with Gasteiger partial charge in [0, 0.05) is 12.5 Å². The predicted octanol–water partition coefficient (Wildman–Crippen LogP) is 4.59. The fourth-order valence-electron chi connectivity index (χ4n) is 2.43. The van der Waals surface area contributed by atoms with Crippen LogP contribution in [0.25, 0.3) is 0 Å². The zero-order valence-electron chi connectivity index (χ0n) is 13.1. The Morgan fingerprint density at radius 2 is 1.79 bits per heavy atom. The van der Waals surface area contributed by atoms with E-state index in [1.165, 1.54) is 5.56 Å². The molecule has 1 aromatic carbocycles. The molecule has 1 heterocycles. The van der Waals surface area contributed by atoms with Crippen LogP contribution in [0.15, 0.2) is 18.2 Å². The van der Waals surface area contributed by atoms with Crippen LogP contribution in [0.5, 0.6) is 5.75 Å². The highest BCUT2D eigenvalue weighted by molar-refractivity contribution is 5.60. The van der Waals surface area contributed by atoms with Crippen molar-refractivity contribution in [2.24, 2.45) is 5.41 Å². The summed E-state index contributed by atoms with van der Waals surface area (Å²) in [4.78, 5) is 0. The lowest BCUT2D eigenvalue weighted by Gasteiger charge is -2.31. The molecule has 0 amide bonds. The van der Waals surface area contributed by atoms with E-state index in [4.69, 9.17) is 4.74 Å². The zero-order chi connectivity index (χ0) is 14.3. The van der Waals surface area contributed by atoms with E-state index in [1.807, 2.05) is 0 Å². The largest absolute Gasteiger partial charge is 0.491 e. The number of nitrogens with one attached hydrogen (secondary N) is 1. The maximum atomic E-state index is 5.88. The third kappa shape index (κ3) is 3.23. The number of benzene rings is 1. The summed E-state index contributed by atoms with van der Waals surface area (Å²) in [6.45, 7) is 14.4. The Bertz CT molecular complexity index is 451. The van der Waals surface area contributed by atoms with Crippen LogP contribution in [0.3, 0.4) is 0 Å². The van der Waals surface area contributed by atoms with Gasteiger partial charge in [0.2, 0.25) is 0 Å². The Morgan fingerprint density at radius 1 is 1.11 bits per heavy atom. The number of hydrogen-bond donors (Lipinski definition) is 1. The number of hydrogen-bond acceptors (Lipinski definition) is 2. The molecule has 1 unspecified atom stereocenters. The molecule has 1 atom stereocenters. The van der Waals surface area contributed by atoms with Gasteiger partial charge >= 0.3 is 0 Å².